The second kappa shape index (κ2) is 5.44. The van der Waals surface area contributed by atoms with E-state index in [1.165, 1.54) is 6.92 Å². The molecule has 0 radical (unpaired) electrons. The zero-order valence-corrected chi connectivity index (χ0v) is 10.3. The minimum Gasteiger partial charge on any atom is -0.294 e. The Kier molecular flexibility index (Phi) is 4.17. The molecule has 1 rings (SSSR count). The van der Waals surface area contributed by atoms with Crippen LogP contribution in [0.15, 0.2) is 15.8 Å². The fourth-order valence-electron chi connectivity index (χ4n) is 1.54. The number of nitrogens with zero attached hydrogens (tertiary/aromatic N) is 3. The summed E-state index contributed by atoms with van der Waals surface area (Å²) in [5.74, 6) is 4.12. The third-order valence-corrected chi connectivity index (χ3v) is 2.61. The maximum absolute atomic E-state index is 11.9. The van der Waals surface area contributed by atoms with Gasteiger partial charge < -0.3 is 0 Å². The Labute approximate surface area is 106 Å². The highest BCUT2D eigenvalue weighted by atomic mass is 16.6. The topological polar surface area (TPSA) is 142 Å². The summed E-state index contributed by atoms with van der Waals surface area (Å²) in [6.45, 7) is 2.94. The van der Waals surface area contributed by atoms with Crippen LogP contribution in [0.25, 0.3) is 0 Å². The third kappa shape index (κ3) is 2.52. The summed E-state index contributed by atoms with van der Waals surface area (Å²) in [5.41, 5.74) is -0.946. The Balaban J connectivity index is 3.67. The van der Waals surface area contributed by atoms with E-state index in [9.17, 15) is 24.5 Å². The van der Waals surface area contributed by atoms with Crippen molar-refractivity contribution < 1.29 is 9.72 Å². The molecular weight excluding hydrogens is 258 g/mol. The second-order valence-corrected chi connectivity index (χ2v) is 3.70. The molecule has 19 heavy (non-hydrogen) atoms. The van der Waals surface area contributed by atoms with Gasteiger partial charge >= 0.3 is 16.9 Å². The summed E-state index contributed by atoms with van der Waals surface area (Å²) in [5, 5.41) is 10.8. The summed E-state index contributed by atoms with van der Waals surface area (Å²) in [4.78, 5) is 45.0. The quantitative estimate of drug-likeness (QED) is 0.295. The van der Waals surface area contributed by atoms with Gasteiger partial charge in [-0.15, -0.1) is 0 Å². The number of nitro groups is 1. The Hall–Kier alpha value is -2.49. The standard InChI is InChI=1S/C9H13N5O5/c1-3-12-4-6(14(18)19)8(16)13(9(12)17)5(2)7(15)11-10/h4-5H,3,10H2,1-2H3,(H,11,15). The van der Waals surface area contributed by atoms with Crippen LogP contribution < -0.4 is 22.5 Å². The molecule has 1 aromatic rings. The molecule has 10 heteroatoms. The smallest absolute Gasteiger partial charge is 0.294 e. The predicted molar refractivity (Wildman–Crippen MR) is 64.3 cm³/mol. The normalized spacial score (nSPS) is 11.9. The van der Waals surface area contributed by atoms with Crippen molar-refractivity contribution in [2.75, 3.05) is 0 Å². The summed E-state index contributed by atoms with van der Waals surface area (Å²) < 4.78 is 1.48. The number of amides is 1. The molecule has 1 atom stereocenters. The highest BCUT2D eigenvalue weighted by molar-refractivity contribution is 5.79. The lowest BCUT2D eigenvalue weighted by Crippen LogP contribution is -2.47. The number of carbonyl (C=O) groups excluding carboxylic acids is 1. The van der Waals surface area contributed by atoms with Gasteiger partial charge in [-0.2, -0.15) is 0 Å². The number of nitrogens with two attached hydrogens (primary N) is 1. The Bertz CT molecular complexity index is 631. The SMILES string of the molecule is CCn1cc([N+](=O)[O-])c(=O)n(C(C)C(=O)NN)c1=O. The van der Waals surface area contributed by atoms with Crippen LogP contribution in [0.1, 0.15) is 19.9 Å². The monoisotopic (exact) mass is 271 g/mol. The van der Waals surface area contributed by atoms with Gasteiger partial charge in [-0.05, 0) is 13.8 Å². The Morgan fingerprint density at radius 3 is 2.58 bits per heavy atom. The first-order valence-corrected chi connectivity index (χ1v) is 5.36. The van der Waals surface area contributed by atoms with E-state index >= 15 is 0 Å². The number of aromatic nitrogens is 2. The molecule has 0 fully saturated rings. The van der Waals surface area contributed by atoms with Crippen molar-refractivity contribution in [3.8, 4) is 0 Å². The van der Waals surface area contributed by atoms with E-state index in [0.29, 0.717) is 4.57 Å². The van der Waals surface area contributed by atoms with E-state index in [2.05, 4.69) is 0 Å². The van der Waals surface area contributed by atoms with Gasteiger partial charge in [0.05, 0.1) is 11.1 Å². The first-order valence-electron chi connectivity index (χ1n) is 5.36. The molecule has 1 aromatic heterocycles. The predicted octanol–water partition coefficient (Wildman–Crippen LogP) is -1.51. The Morgan fingerprint density at radius 2 is 2.16 bits per heavy atom. The summed E-state index contributed by atoms with van der Waals surface area (Å²) in [6, 6.07) is -1.25. The molecule has 0 saturated carbocycles. The highest BCUT2D eigenvalue weighted by Gasteiger charge is 2.25. The van der Waals surface area contributed by atoms with Gasteiger partial charge in [-0.3, -0.25) is 29.7 Å². The number of aryl methyl sites for hydroxylation is 1. The van der Waals surface area contributed by atoms with Crippen LogP contribution in [-0.2, 0) is 11.3 Å². The lowest BCUT2D eigenvalue weighted by Gasteiger charge is -2.13. The van der Waals surface area contributed by atoms with Crippen LogP contribution in [0.4, 0.5) is 5.69 Å². The molecule has 3 N–H and O–H groups in total. The average Bonchev–Trinajstić information content (AvgIpc) is 2.37. The maximum Gasteiger partial charge on any atom is 0.350 e. The molecule has 1 unspecified atom stereocenters. The Morgan fingerprint density at radius 1 is 1.58 bits per heavy atom. The van der Waals surface area contributed by atoms with Gasteiger partial charge in [-0.1, -0.05) is 0 Å². The lowest BCUT2D eigenvalue weighted by atomic mass is 10.3. The first-order chi connectivity index (χ1) is 8.84. The molecule has 0 aliphatic rings. The molecule has 0 saturated heterocycles. The van der Waals surface area contributed by atoms with E-state index in [1.54, 1.807) is 12.3 Å². The molecular formula is C9H13N5O5. The maximum atomic E-state index is 11.9. The van der Waals surface area contributed by atoms with Crippen LogP contribution in [-0.4, -0.2) is 20.0 Å². The van der Waals surface area contributed by atoms with Gasteiger partial charge in [0.2, 0.25) is 0 Å². The molecule has 0 aliphatic heterocycles. The molecule has 10 nitrogen and oxygen atoms in total. The molecule has 1 amide bonds. The number of nitrogens with one attached hydrogen (secondary N) is 1. The molecule has 0 aliphatic carbocycles. The van der Waals surface area contributed by atoms with Gasteiger partial charge in [0, 0.05) is 6.54 Å². The molecule has 0 bridgehead atoms. The van der Waals surface area contributed by atoms with E-state index < -0.39 is 33.8 Å². The average molecular weight is 271 g/mol. The van der Waals surface area contributed by atoms with Crippen molar-refractivity contribution in [3.05, 3.63) is 37.1 Å². The van der Waals surface area contributed by atoms with Gasteiger partial charge in [0.25, 0.3) is 5.91 Å². The van der Waals surface area contributed by atoms with Crippen LogP contribution in [0.5, 0.6) is 0 Å². The van der Waals surface area contributed by atoms with Gasteiger partial charge in [0.15, 0.2) is 0 Å². The van der Waals surface area contributed by atoms with Crippen molar-refractivity contribution in [3.63, 3.8) is 0 Å². The van der Waals surface area contributed by atoms with Crippen LogP contribution in [0.2, 0.25) is 0 Å². The van der Waals surface area contributed by atoms with E-state index in [0.717, 1.165) is 10.8 Å². The van der Waals surface area contributed by atoms with Gasteiger partial charge in [0.1, 0.15) is 6.04 Å². The van der Waals surface area contributed by atoms with Gasteiger partial charge in [-0.25, -0.2) is 15.2 Å². The molecule has 104 valence electrons. The van der Waals surface area contributed by atoms with Crippen LogP contribution >= 0.6 is 0 Å². The lowest BCUT2D eigenvalue weighted by molar-refractivity contribution is -0.387. The summed E-state index contributed by atoms with van der Waals surface area (Å²) >= 11 is 0. The molecule has 0 aromatic carbocycles. The minimum atomic E-state index is -1.25. The zero-order valence-electron chi connectivity index (χ0n) is 10.3. The van der Waals surface area contributed by atoms with E-state index in [-0.39, 0.29) is 6.54 Å². The second-order valence-electron chi connectivity index (χ2n) is 3.70. The number of carbonyl (C=O) groups is 1. The fourth-order valence-corrected chi connectivity index (χ4v) is 1.54. The van der Waals surface area contributed by atoms with Crippen LogP contribution in [0, 0.1) is 10.1 Å². The third-order valence-electron chi connectivity index (χ3n) is 2.61. The fraction of sp³-hybridized carbons (Fsp3) is 0.444. The summed E-state index contributed by atoms with van der Waals surface area (Å²) in [6.07, 6.45) is 0.855. The van der Waals surface area contributed by atoms with Crippen LogP contribution in [0.3, 0.4) is 0 Å². The number of hydrazine groups is 1. The molecule has 0 spiro atoms. The minimum absolute atomic E-state index is 0.122. The summed E-state index contributed by atoms with van der Waals surface area (Å²) in [7, 11) is 0. The largest absolute Gasteiger partial charge is 0.350 e. The number of hydrogen-bond acceptors (Lipinski definition) is 6. The zero-order chi connectivity index (χ0) is 14.7. The molecule has 1 heterocycles. The van der Waals surface area contributed by atoms with Crippen molar-refractivity contribution in [2.45, 2.75) is 26.4 Å². The van der Waals surface area contributed by atoms with E-state index in [4.69, 9.17) is 5.84 Å². The first kappa shape index (κ1) is 14.6. The van der Waals surface area contributed by atoms with Crippen molar-refractivity contribution >= 4 is 11.6 Å². The highest BCUT2D eigenvalue weighted by Crippen LogP contribution is 2.04. The van der Waals surface area contributed by atoms with Crippen molar-refractivity contribution in [1.82, 2.24) is 14.6 Å². The van der Waals surface area contributed by atoms with Crippen molar-refractivity contribution in [1.29, 1.82) is 0 Å². The van der Waals surface area contributed by atoms with Crippen molar-refractivity contribution in [2.24, 2.45) is 5.84 Å². The number of rotatable bonds is 4. The van der Waals surface area contributed by atoms with E-state index in [1.807, 2.05) is 0 Å². The number of hydrogen-bond donors (Lipinski definition) is 2.